The highest BCUT2D eigenvalue weighted by Crippen LogP contribution is 2.48. The van der Waals surface area contributed by atoms with Gasteiger partial charge in [-0.05, 0) is 47.9 Å². The molecule has 2 aliphatic rings. The molecule has 2 fully saturated rings. The second-order valence-electron chi connectivity index (χ2n) is 10.2. The lowest BCUT2D eigenvalue weighted by molar-refractivity contribution is -0.120. The molecule has 0 radical (unpaired) electrons. The number of nitrogens with two attached hydrogens (primary N) is 1. The summed E-state index contributed by atoms with van der Waals surface area (Å²) in [6, 6.07) is 13.6. The molecule has 2 heterocycles. The summed E-state index contributed by atoms with van der Waals surface area (Å²) in [5, 5.41) is 6.63. The smallest absolute Gasteiger partial charge is 0.323 e. The SMILES string of the molecule is CC(C)(C)c1cccc(NC(=O)[C@@H]2CC3C[C@H]3N2C(=O)Nc2cn(C(N)=O)c3ccccc23)c1. The van der Waals surface area contributed by atoms with Crippen molar-refractivity contribution in [3.63, 3.8) is 0 Å². The number of carbonyl (C=O) groups is 3. The Morgan fingerprint density at radius 2 is 1.76 bits per heavy atom. The fourth-order valence-electron chi connectivity index (χ4n) is 4.91. The summed E-state index contributed by atoms with van der Waals surface area (Å²) in [4.78, 5) is 40.0. The normalized spacial score (nSPS) is 21.3. The average molecular weight is 460 g/mol. The number of para-hydroxylation sites is 1. The van der Waals surface area contributed by atoms with E-state index >= 15 is 0 Å². The van der Waals surface area contributed by atoms with Crippen LogP contribution in [-0.4, -0.2) is 39.5 Å². The summed E-state index contributed by atoms with van der Waals surface area (Å²) in [6.07, 6.45) is 3.07. The van der Waals surface area contributed by atoms with Crippen molar-refractivity contribution in [2.24, 2.45) is 11.7 Å². The average Bonchev–Trinajstić information content (AvgIpc) is 3.29. The van der Waals surface area contributed by atoms with Gasteiger partial charge in [0, 0.05) is 23.3 Å². The number of hydrogen-bond donors (Lipinski definition) is 3. The van der Waals surface area contributed by atoms with Crippen LogP contribution in [-0.2, 0) is 10.2 Å². The molecular formula is C26H29N5O3. The van der Waals surface area contributed by atoms with Crippen molar-refractivity contribution in [2.45, 2.75) is 51.1 Å². The van der Waals surface area contributed by atoms with Crippen molar-refractivity contribution in [3.05, 3.63) is 60.3 Å². The molecule has 1 unspecified atom stereocenters. The maximum absolute atomic E-state index is 13.3. The van der Waals surface area contributed by atoms with Crippen LogP contribution in [0.25, 0.3) is 10.9 Å². The molecule has 176 valence electrons. The summed E-state index contributed by atoms with van der Waals surface area (Å²) in [6.45, 7) is 6.37. The van der Waals surface area contributed by atoms with Gasteiger partial charge in [-0.1, -0.05) is 51.1 Å². The second kappa shape index (κ2) is 7.90. The molecule has 3 aromatic rings. The molecule has 1 aromatic heterocycles. The Hall–Kier alpha value is -3.81. The first-order valence-corrected chi connectivity index (χ1v) is 11.5. The number of aromatic nitrogens is 1. The quantitative estimate of drug-likeness (QED) is 0.536. The number of carbonyl (C=O) groups excluding carboxylic acids is 3. The number of nitrogens with zero attached hydrogens (tertiary/aromatic N) is 2. The highest BCUT2D eigenvalue weighted by molar-refractivity contribution is 6.06. The van der Waals surface area contributed by atoms with Crippen molar-refractivity contribution in [2.75, 3.05) is 10.6 Å². The van der Waals surface area contributed by atoms with Crippen LogP contribution in [0.15, 0.2) is 54.7 Å². The zero-order valence-electron chi connectivity index (χ0n) is 19.5. The molecule has 1 saturated carbocycles. The minimum absolute atomic E-state index is 0.0360. The third-order valence-corrected chi connectivity index (χ3v) is 6.83. The molecule has 0 bridgehead atoms. The largest absolute Gasteiger partial charge is 0.351 e. The van der Waals surface area contributed by atoms with Crippen molar-refractivity contribution in [3.8, 4) is 0 Å². The number of benzene rings is 2. The first-order valence-electron chi connectivity index (χ1n) is 11.5. The Kier molecular flexibility index (Phi) is 5.11. The van der Waals surface area contributed by atoms with Crippen molar-refractivity contribution in [1.82, 2.24) is 9.47 Å². The lowest BCUT2D eigenvalue weighted by Gasteiger charge is -2.27. The molecule has 0 spiro atoms. The highest BCUT2D eigenvalue weighted by Gasteiger charge is 2.56. The molecule has 1 saturated heterocycles. The number of fused-ring (bicyclic) bond motifs is 2. The van der Waals surface area contributed by atoms with Gasteiger partial charge in [-0.15, -0.1) is 0 Å². The first kappa shape index (κ1) is 22.0. The molecule has 1 aliphatic carbocycles. The summed E-state index contributed by atoms with van der Waals surface area (Å²) >= 11 is 0. The predicted molar refractivity (Wildman–Crippen MR) is 132 cm³/mol. The molecule has 8 nitrogen and oxygen atoms in total. The van der Waals surface area contributed by atoms with Gasteiger partial charge < -0.3 is 21.3 Å². The maximum Gasteiger partial charge on any atom is 0.323 e. The summed E-state index contributed by atoms with van der Waals surface area (Å²) in [5.74, 6) is 0.155. The second-order valence-corrected chi connectivity index (χ2v) is 10.2. The molecule has 5 rings (SSSR count). The molecule has 34 heavy (non-hydrogen) atoms. The van der Waals surface area contributed by atoms with Crippen LogP contribution in [0.4, 0.5) is 21.0 Å². The third-order valence-electron chi connectivity index (χ3n) is 6.83. The lowest BCUT2D eigenvalue weighted by atomic mass is 9.87. The van der Waals surface area contributed by atoms with Crippen LogP contribution >= 0.6 is 0 Å². The number of anilines is 2. The van der Waals surface area contributed by atoms with Gasteiger partial charge in [0.15, 0.2) is 0 Å². The number of urea groups is 1. The molecular weight excluding hydrogens is 430 g/mol. The standard InChI is InChI=1S/C26H29N5O3/c1-26(2,3)16-7-6-8-17(13-16)28-23(32)22-12-15-11-21(15)31(22)25(34)29-19-14-30(24(27)33)20-10-5-4-9-18(19)20/h4-10,13-15,21-22H,11-12H2,1-3H3,(H2,27,33)(H,28,32)(H,29,34)/t15?,21-,22+/m1/s1. The van der Waals surface area contributed by atoms with E-state index in [0.717, 1.165) is 17.7 Å². The number of nitrogens with one attached hydrogen (secondary N) is 2. The van der Waals surface area contributed by atoms with Gasteiger partial charge in [0.1, 0.15) is 6.04 Å². The van der Waals surface area contributed by atoms with E-state index in [0.29, 0.717) is 28.9 Å². The zero-order chi connectivity index (χ0) is 24.2. The van der Waals surface area contributed by atoms with Gasteiger partial charge in [0.05, 0.1) is 11.2 Å². The Morgan fingerprint density at radius 1 is 1.00 bits per heavy atom. The topological polar surface area (TPSA) is 109 Å². The van der Waals surface area contributed by atoms with Crippen molar-refractivity contribution in [1.29, 1.82) is 0 Å². The van der Waals surface area contributed by atoms with Crippen molar-refractivity contribution < 1.29 is 14.4 Å². The Balaban J connectivity index is 1.36. The first-order chi connectivity index (χ1) is 16.1. The van der Waals surface area contributed by atoms with Gasteiger partial charge in [-0.2, -0.15) is 0 Å². The molecule has 1 aliphatic heterocycles. The van der Waals surface area contributed by atoms with Crippen LogP contribution in [0.2, 0.25) is 0 Å². The third kappa shape index (κ3) is 3.89. The fraction of sp³-hybridized carbons (Fsp3) is 0.346. The Bertz CT molecular complexity index is 1310. The summed E-state index contributed by atoms with van der Waals surface area (Å²) < 4.78 is 1.31. The van der Waals surface area contributed by atoms with E-state index < -0.39 is 12.1 Å². The molecule has 4 N–H and O–H groups in total. The lowest BCUT2D eigenvalue weighted by Crippen LogP contribution is -2.47. The van der Waals surface area contributed by atoms with Gasteiger partial charge in [0.25, 0.3) is 0 Å². The number of rotatable bonds is 3. The Labute approximate surface area is 198 Å². The number of hydrogen-bond acceptors (Lipinski definition) is 3. The summed E-state index contributed by atoms with van der Waals surface area (Å²) in [7, 11) is 0. The van der Waals surface area contributed by atoms with E-state index in [4.69, 9.17) is 5.73 Å². The van der Waals surface area contributed by atoms with Crippen LogP contribution < -0.4 is 16.4 Å². The highest BCUT2D eigenvalue weighted by atomic mass is 16.2. The molecule has 2 aromatic carbocycles. The van der Waals surface area contributed by atoms with Gasteiger partial charge >= 0.3 is 12.1 Å². The van der Waals surface area contributed by atoms with E-state index in [-0.39, 0.29) is 23.4 Å². The van der Waals surface area contributed by atoms with Crippen molar-refractivity contribution >= 4 is 40.2 Å². The molecule has 3 atom stereocenters. The van der Waals surface area contributed by atoms with Crippen LogP contribution in [0.5, 0.6) is 0 Å². The number of primary amides is 1. The fourth-order valence-corrected chi connectivity index (χ4v) is 4.91. The van der Waals surface area contributed by atoms with Crippen LogP contribution in [0.1, 0.15) is 39.2 Å². The van der Waals surface area contributed by atoms with E-state index in [9.17, 15) is 14.4 Å². The van der Waals surface area contributed by atoms with Gasteiger partial charge in [-0.3, -0.25) is 9.36 Å². The molecule has 4 amide bonds. The van der Waals surface area contributed by atoms with Crippen LogP contribution in [0.3, 0.4) is 0 Å². The van der Waals surface area contributed by atoms with Gasteiger partial charge in [-0.25, -0.2) is 9.59 Å². The van der Waals surface area contributed by atoms with E-state index in [2.05, 4.69) is 31.4 Å². The van der Waals surface area contributed by atoms with Crippen LogP contribution in [0, 0.1) is 5.92 Å². The number of amides is 4. The number of likely N-dealkylation sites (tertiary alicyclic amines) is 1. The molecule has 8 heteroatoms. The monoisotopic (exact) mass is 459 g/mol. The maximum atomic E-state index is 13.3. The van der Waals surface area contributed by atoms with E-state index in [1.807, 2.05) is 36.4 Å². The minimum atomic E-state index is -0.630. The van der Waals surface area contributed by atoms with E-state index in [1.54, 1.807) is 17.0 Å². The van der Waals surface area contributed by atoms with Gasteiger partial charge in [0.2, 0.25) is 5.91 Å². The van der Waals surface area contributed by atoms with E-state index in [1.165, 1.54) is 10.8 Å². The predicted octanol–water partition coefficient (Wildman–Crippen LogP) is 4.50. The Morgan fingerprint density at radius 3 is 2.50 bits per heavy atom. The number of piperidine rings is 1. The zero-order valence-corrected chi connectivity index (χ0v) is 19.5. The summed E-state index contributed by atoms with van der Waals surface area (Å²) in [5.41, 5.74) is 8.41. The minimum Gasteiger partial charge on any atom is -0.351 e.